The summed E-state index contributed by atoms with van der Waals surface area (Å²) in [5.41, 5.74) is 2.22. The molecule has 1 heterocycles. The van der Waals surface area contributed by atoms with Crippen molar-refractivity contribution >= 4 is 27.5 Å². The molecule has 0 aliphatic rings. The van der Waals surface area contributed by atoms with E-state index in [2.05, 4.69) is 20.9 Å². The normalized spacial score (nSPS) is 10.3. The average Bonchev–Trinajstić information content (AvgIpc) is 2.36. The molecular weight excluding hydrogens is 306 g/mol. The van der Waals surface area contributed by atoms with E-state index in [9.17, 15) is 9.59 Å². The average molecular weight is 318 g/mol. The van der Waals surface area contributed by atoms with Gasteiger partial charge in [0.1, 0.15) is 0 Å². The zero-order valence-electron chi connectivity index (χ0n) is 10.6. The first-order valence-electron chi connectivity index (χ1n) is 5.77. The Balaban J connectivity index is 2.36. The van der Waals surface area contributed by atoms with E-state index in [0.717, 1.165) is 15.9 Å². The molecule has 3 nitrogen and oxygen atoms in total. The van der Waals surface area contributed by atoms with Crippen LogP contribution in [0.4, 0.5) is 0 Å². The second kappa shape index (κ2) is 5.45. The number of nitrogens with zero attached hydrogens (tertiary/aromatic N) is 1. The van der Waals surface area contributed by atoms with Crippen molar-refractivity contribution in [2.45, 2.75) is 13.8 Å². The number of rotatable bonds is 3. The highest BCUT2D eigenvalue weighted by molar-refractivity contribution is 9.10. The molecule has 0 saturated carbocycles. The minimum atomic E-state index is -0.508. The highest BCUT2D eigenvalue weighted by atomic mass is 79.9. The topological polar surface area (TPSA) is 47.0 Å². The molecule has 0 aliphatic heterocycles. The summed E-state index contributed by atoms with van der Waals surface area (Å²) in [5.74, 6) is -1.02. The van der Waals surface area contributed by atoms with Crippen LogP contribution in [0.5, 0.6) is 0 Å². The molecule has 0 N–H and O–H groups in total. The van der Waals surface area contributed by atoms with E-state index in [1.54, 1.807) is 44.2 Å². The lowest BCUT2D eigenvalue weighted by Gasteiger charge is -2.04. The first kappa shape index (κ1) is 13.6. The molecule has 2 aromatic rings. The maximum atomic E-state index is 12.2. The maximum absolute atomic E-state index is 12.2. The third kappa shape index (κ3) is 3.15. The number of hydrogen-bond donors (Lipinski definition) is 0. The molecule has 0 fully saturated rings. The van der Waals surface area contributed by atoms with Crippen LogP contribution in [0.2, 0.25) is 0 Å². The number of pyridine rings is 1. The van der Waals surface area contributed by atoms with Crippen LogP contribution in [0.1, 0.15) is 32.1 Å². The molecule has 0 saturated heterocycles. The Hall–Kier alpha value is -1.81. The Morgan fingerprint density at radius 2 is 1.53 bits per heavy atom. The number of hydrogen-bond acceptors (Lipinski definition) is 3. The summed E-state index contributed by atoms with van der Waals surface area (Å²) in [6.45, 7) is 3.60. The Kier molecular flexibility index (Phi) is 3.90. The fraction of sp³-hybridized carbons (Fsp3) is 0.133. The van der Waals surface area contributed by atoms with Crippen molar-refractivity contribution in [2.75, 3.05) is 0 Å². The molecule has 0 unspecified atom stereocenters. The maximum Gasteiger partial charge on any atom is 0.233 e. The van der Waals surface area contributed by atoms with E-state index >= 15 is 0 Å². The molecule has 0 bridgehead atoms. The highest BCUT2D eigenvalue weighted by Gasteiger charge is 2.19. The summed E-state index contributed by atoms with van der Waals surface area (Å²) < 4.78 is 0.772. The number of ketones is 2. The lowest BCUT2D eigenvalue weighted by molar-refractivity contribution is 0.0817. The lowest BCUT2D eigenvalue weighted by Crippen LogP contribution is -2.15. The van der Waals surface area contributed by atoms with Crippen LogP contribution in [0.3, 0.4) is 0 Å². The Morgan fingerprint density at radius 1 is 0.947 bits per heavy atom. The van der Waals surface area contributed by atoms with E-state index in [-0.39, 0.29) is 0 Å². The Morgan fingerprint density at radius 3 is 2.11 bits per heavy atom. The van der Waals surface area contributed by atoms with E-state index < -0.39 is 11.6 Å². The standard InChI is InChI=1S/C15H12BrNO2/c1-9-6-12(7-10(2)17-9)15(19)14(18)11-4-3-5-13(16)8-11/h3-8H,1-2H3. The van der Waals surface area contributed by atoms with Crippen LogP contribution in [-0.4, -0.2) is 16.6 Å². The zero-order valence-corrected chi connectivity index (χ0v) is 12.2. The summed E-state index contributed by atoms with van der Waals surface area (Å²) in [6, 6.07) is 10.1. The van der Waals surface area contributed by atoms with Gasteiger partial charge in [-0.15, -0.1) is 0 Å². The molecule has 0 radical (unpaired) electrons. The van der Waals surface area contributed by atoms with Crippen molar-refractivity contribution in [3.8, 4) is 0 Å². The molecule has 0 spiro atoms. The number of carbonyl (C=O) groups excluding carboxylic acids is 2. The monoisotopic (exact) mass is 317 g/mol. The van der Waals surface area contributed by atoms with Gasteiger partial charge < -0.3 is 0 Å². The molecule has 96 valence electrons. The zero-order chi connectivity index (χ0) is 14.0. The van der Waals surface area contributed by atoms with E-state index in [1.165, 1.54) is 0 Å². The minimum absolute atomic E-state index is 0.381. The number of aromatic nitrogens is 1. The molecule has 0 amide bonds. The summed E-state index contributed by atoms with van der Waals surface area (Å²) in [6.07, 6.45) is 0. The third-order valence-corrected chi connectivity index (χ3v) is 3.13. The fourth-order valence-electron chi connectivity index (χ4n) is 1.86. The largest absolute Gasteiger partial charge is 0.285 e. The van der Waals surface area contributed by atoms with Crippen molar-refractivity contribution < 1.29 is 9.59 Å². The summed E-state index contributed by atoms with van der Waals surface area (Å²) in [4.78, 5) is 28.5. The van der Waals surface area contributed by atoms with Gasteiger partial charge in [0.25, 0.3) is 0 Å². The van der Waals surface area contributed by atoms with Gasteiger partial charge in [-0.05, 0) is 38.1 Å². The second-order valence-corrected chi connectivity index (χ2v) is 5.22. The molecule has 0 atom stereocenters. The minimum Gasteiger partial charge on any atom is -0.285 e. The van der Waals surface area contributed by atoms with Crippen molar-refractivity contribution in [3.05, 3.63) is 63.4 Å². The summed E-state index contributed by atoms with van der Waals surface area (Å²) in [7, 11) is 0. The van der Waals surface area contributed by atoms with Gasteiger partial charge in [-0.25, -0.2) is 0 Å². The van der Waals surface area contributed by atoms with E-state index in [0.29, 0.717) is 11.1 Å². The molecule has 2 rings (SSSR count). The van der Waals surface area contributed by atoms with Crippen LogP contribution in [0.15, 0.2) is 40.9 Å². The third-order valence-electron chi connectivity index (χ3n) is 2.64. The molecular formula is C15H12BrNO2. The highest BCUT2D eigenvalue weighted by Crippen LogP contribution is 2.15. The van der Waals surface area contributed by atoms with Crippen LogP contribution < -0.4 is 0 Å². The van der Waals surface area contributed by atoms with Crippen molar-refractivity contribution in [1.29, 1.82) is 0 Å². The Bertz CT molecular complexity index is 645. The van der Waals surface area contributed by atoms with Crippen molar-refractivity contribution in [1.82, 2.24) is 4.98 Å². The predicted molar refractivity (Wildman–Crippen MR) is 76.5 cm³/mol. The fourth-order valence-corrected chi connectivity index (χ4v) is 2.26. The first-order valence-corrected chi connectivity index (χ1v) is 6.56. The van der Waals surface area contributed by atoms with Gasteiger partial charge in [-0.1, -0.05) is 28.1 Å². The van der Waals surface area contributed by atoms with Gasteiger partial charge in [0.2, 0.25) is 11.6 Å². The van der Waals surface area contributed by atoms with Gasteiger partial charge in [0.15, 0.2) is 0 Å². The predicted octanol–water partition coefficient (Wildman–Crippen LogP) is 3.53. The molecule has 1 aromatic carbocycles. The molecule has 1 aromatic heterocycles. The van der Waals surface area contributed by atoms with Crippen LogP contribution in [-0.2, 0) is 0 Å². The van der Waals surface area contributed by atoms with E-state index in [1.807, 2.05) is 6.07 Å². The van der Waals surface area contributed by atoms with Gasteiger partial charge >= 0.3 is 0 Å². The van der Waals surface area contributed by atoms with Gasteiger partial charge in [-0.2, -0.15) is 0 Å². The summed E-state index contributed by atoms with van der Waals surface area (Å²) >= 11 is 3.29. The quantitative estimate of drug-likeness (QED) is 0.642. The van der Waals surface area contributed by atoms with Gasteiger partial charge in [0.05, 0.1) is 0 Å². The lowest BCUT2D eigenvalue weighted by atomic mass is 10.0. The van der Waals surface area contributed by atoms with Crippen LogP contribution >= 0.6 is 15.9 Å². The number of carbonyl (C=O) groups is 2. The van der Waals surface area contributed by atoms with Gasteiger partial charge in [-0.3, -0.25) is 14.6 Å². The van der Waals surface area contributed by atoms with Gasteiger partial charge in [0, 0.05) is 27.0 Å². The Labute approximate surface area is 119 Å². The van der Waals surface area contributed by atoms with Crippen LogP contribution in [0.25, 0.3) is 0 Å². The smallest absolute Gasteiger partial charge is 0.233 e. The second-order valence-electron chi connectivity index (χ2n) is 4.31. The number of halogens is 1. The van der Waals surface area contributed by atoms with Crippen molar-refractivity contribution in [3.63, 3.8) is 0 Å². The summed E-state index contributed by atoms with van der Waals surface area (Å²) in [5, 5.41) is 0. The SMILES string of the molecule is Cc1cc(C(=O)C(=O)c2cccc(Br)c2)cc(C)n1. The molecule has 0 aliphatic carbocycles. The molecule has 19 heavy (non-hydrogen) atoms. The number of aryl methyl sites for hydroxylation is 2. The first-order chi connectivity index (χ1) is 8.97. The number of benzene rings is 1. The number of Topliss-reactive ketones (excluding diaryl/α,β-unsaturated/α-hetero) is 2. The van der Waals surface area contributed by atoms with Crippen molar-refractivity contribution in [2.24, 2.45) is 0 Å². The van der Waals surface area contributed by atoms with E-state index in [4.69, 9.17) is 0 Å². The molecule has 4 heteroatoms. The van der Waals surface area contributed by atoms with Crippen LogP contribution in [0, 0.1) is 13.8 Å².